The van der Waals surface area contributed by atoms with Gasteiger partial charge in [-0.05, 0) is 6.07 Å². The molecule has 0 radical (unpaired) electrons. The Morgan fingerprint density at radius 2 is 2.38 bits per heavy atom. The Bertz CT molecular complexity index is 421. The van der Waals surface area contributed by atoms with Gasteiger partial charge in [-0.15, -0.1) is 11.3 Å². The molecule has 13 heavy (non-hydrogen) atoms. The van der Waals surface area contributed by atoms with Gasteiger partial charge >= 0.3 is 5.88 Å². The summed E-state index contributed by atoms with van der Waals surface area (Å²) in [4.78, 5) is 13.7. The largest absolute Gasteiger partial charge is 0.433 e. The number of nitrogens with zero attached hydrogens (tertiary/aromatic N) is 2. The third kappa shape index (κ3) is 1.43. The van der Waals surface area contributed by atoms with Gasteiger partial charge in [-0.2, -0.15) is 0 Å². The molecule has 0 aliphatic carbocycles. The maximum atomic E-state index is 10.3. The van der Waals surface area contributed by atoms with Crippen LogP contribution < -0.4 is 0 Å². The second kappa shape index (κ2) is 2.98. The molecule has 0 N–H and O–H groups in total. The molecule has 2 rings (SSSR count). The zero-order valence-corrected chi connectivity index (χ0v) is 7.15. The van der Waals surface area contributed by atoms with Crippen molar-refractivity contribution >= 4 is 17.2 Å². The molecular formula is C7H4N2O3S. The summed E-state index contributed by atoms with van der Waals surface area (Å²) in [6.45, 7) is 0. The van der Waals surface area contributed by atoms with Crippen LogP contribution in [0.1, 0.15) is 0 Å². The summed E-state index contributed by atoms with van der Waals surface area (Å²) < 4.78 is 4.93. The highest BCUT2D eigenvalue weighted by molar-refractivity contribution is 7.07. The van der Waals surface area contributed by atoms with Gasteiger partial charge in [-0.3, -0.25) is 10.1 Å². The molecule has 0 atom stereocenters. The van der Waals surface area contributed by atoms with Crippen LogP contribution in [-0.4, -0.2) is 9.91 Å². The summed E-state index contributed by atoms with van der Waals surface area (Å²) in [7, 11) is 0. The molecule has 5 nitrogen and oxygen atoms in total. The fourth-order valence-electron chi connectivity index (χ4n) is 0.898. The molecule has 2 heterocycles. The summed E-state index contributed by atoms with van der Waals surface area (Å²) >= 11 is 1.41. The first kappa shape index (κ1) is 7.93. The lowest BCUT2D eigenvalue weighted by Gasteiger charge is -1.85. The van der Waals surface area contributed by atoms with E-state index in [-0.39, 0.29) is 5.88 Å². The molecule has 0 bridgehead atoms. The Balaban J connectivity index is 2.39. The van der Waals surface area contributed by atoms with Crippen LogP contribution in [0.25, 0.3) is 11.5 Å². The summed E-state index contributed by atoms with van der Waals surface area (Å²) in [6, 6.07) is 2.85. The first-order chi connectivity index (χ1) is 6.27. The van der Waals surface area contributed by atoms with Crippen LogP contribution in [0.4, 0.5) is 5.88 Å². The molecular weight excluding hydrogens is 192 g/mol. The predicted molar refractivity (Wildman–Crippen MR) is 46.5 cm³/mol. The zero-order chi connectivity index (χ0) is 9.26. The van der Waals surface area contributed by atoms with E-state index in [2.05, 4.69) is 4.98 Å². The van der Waals surface area contributed by atoms with E-state index in [1.165, 1.54) is 23.5 Å². The number of furan rings is 1. The van der Waals surface area contributed by atoms with Gasteiger partial charge in [0.2, 0.25) is 0 Å². The Morgan fingerprint density at radius 3 is 2.92 bits per heavy atom. The van der Waals surface area contributed by atoms with Crippen molar-refractivity contribution in [3.63, 3.8) is 0 Å². The van der Waals surface area contributed by atoms with E-state index < -0.39 is 4.92 Å². The summed E-state index contributed by atoms with van der Waals surface area (Å²) in [6.07, 6.45) is 0. The molecule has 0 saturated carbocycles. The molecule has 0 amide bonds. The van der Waals surface area contributed by atoms with Gasteiger partial charge in [-0.1, -0.05) is 0 Å². The number of hydrogen-bond donors (Lipinski definition) is 0. The number of hydrogen-bond acceptors (Lipinski definition) is 5. The molecule has 0 fully saturated rings. The molecule has 2 aromatic heterocycles. The first-order valence-electron chi connectivity index (χ1n) is 3.40. The second-order valence-electron chi connectivity index (χ2n) is 2.27. The minimum absolute atomic E-state index is 0.261. The fraction of sp³-hybridized carbons (Fsp3) is 0. The van der Waals surface area contributed by atoms with E-state index in [0.29, 0.717) is 11.5 Å². The van der Waals surface area contributed by atoms with Gasteiger partial charge in [-0.25, -0.2) is 4.98 Å². The monoisotopic (exact) mass is 196 g/mol. The Morgan fingerprint density at radius 1 is 1.54 bits per heavy atom. The van der Waals surface area contributed by atoms with Crippen molar-refractivity contribution in [3.05, 3.63) is 33.1 Å². The van der Waals surface area contributed by atoms with Crippen molar-refractivity contribution in [2.24, 2.45) is 0 Å². The highest BCUT2D eigenvalue weighted by Crippen LogP contribution is 2.25. The molecule has 6 heteroatoms. The summed E-state index contributed by atoms with van der Waals surface area (Å²) in [5.41, 5.74) is 2.27. The lowest BCUT2D eigenvalue weighted by Crippen LogP contribution is -1.82. The standard InChI is InChI=1S/C7H4N2O3S/c10-9(11)7-2-1-6(12-7)5-3-13-4-8-5/h1-4H. The molecule has 0 spiro atoms. The predicted octanol–water partition coefficient (Wildman–Crippen LogP) is 2.31. The Labute approximate surface area is 76.8 Å². The van der Waals surface area contributed by atoms with Gasteiger partial charge < -0.3 is 4.42 Å². The van der Waals surface area contributed by atoms with E-state index in [1.807, 2.05) is 0 Å². The van der Waals surface area contributed by atoms with Gasteiger partial charge in [0.1, 0.15) is 10.6 Å². The molecule has 66 valence electrons. The smallest absolute Gasteiger partial charge is 0.399 e. The van der Waals surface area contributed by atoms with Crippen LogP contribution >= 0.6 is 11.3 Å². The maximum absolute atomic E-state index is 10.3. The van der Waals surface area contributed by atoms with Gasteiger partial charge in [0.15, 0.2) is 5.76 Å². The van der Waals surface area contributed by atoms with Crippen molar-refractivity contribution in [2.45, 2.75) is 0 Å². The molecule has 0 aliphatic rings. The number of aromatic nitrogens is 1. The lowest BCUT2D eigenvalue weighted by molar-refractivity contribution is -0.401. The third-order valence-corrected chi connectivity index (χ3v) is 2.04. The minimum Gasteiger partial charge on any atom is -0.399 e. The second-order valence-corrected chi connectivity index (χ2v) is 2.99. The van der Waals surface area contributed by atoms with Crippen molar-refractivity contribution in [1.29, 1.82) is 0 Å². The number of thiazole rings is 1. The van der Waals surface area contributed by atoms with Crippen LogP contribution in [0.3, 0.4) is 0 Å². The lowest BCUT2D eigenvalue weighted by atomic mass is 10.4. The van der Waals surface area contributed by atoms with Crippen LogP contribution in [-0.2, 0) is 0 Å². The number of nitro groups is 1. The molecule has 0 saturated heterocycles. The Kier molecular flexibility index (Phi) is 1.82. The van der Waals surface area contributed by atoms with E-state index >= 15 is 0 Å². The normalized spacial score (nSPS) is 10.2. The van der Waals surface area contributed by atoms with Crippen molar-refractivity contribution in [3.8, 4) is 11.5 Å². The van der Waals surface area contributed by atoms with Crippen molar-refractivity contribution < 1.29 is 9.34 Å². The Hall–Kier alpha value is -1.69. The minimum atomic E-state index is -0.574. The number of rotatable bonds is 2. The average Bonchev–Trinajstić information content (AvgIpc) is 2.75. The molecule has 2 aromatic rings. The fourth-order valence-corrected chi connectivity index (χ4v) is 1.44. The molecule has 0 aliphatic heterocycles. The van der Waals surface area contributed by atoms with Gasteiger partial charge in [0, 0.05) is 5.38 Å². The topological polar surface area (TPSA) is 69.2 Å². The van der Waals surface area contributed by atoms with Crippen LogP contribution in [0.5, 0.6) is 0 Å². The van der Waals surface area contributed by atoms with E-state index in [1.54, 1.807) is 10.9 Å². The first-order valence-corrected chi connectivity index (χ1v) is 4.34. The van der Waals surface area contributed by atoms with E-state index in [4.69, 9.17) is 4.42 Å². The van der Waals surface area contributed by atoms with Gasteiger partial charge in [0.25, 0.3) is 0 Å². The van der Waals surface area contributed by atoms with Crippen molar-refractivity contribution in [1.82, 2.24) is 4.98 Å². The third-order valence-electron chi connectivity index (χ3n) is 1.46. The van der Waals surface area contributed by atoms with Crippen LogP contribution in [0.15, 0.2) is 27.4 Å². The highest BCUT2D eigenvalue weighted by Gasteiger charge is 2.13. The SMILES string of the molecule is O=[N+]([O-])c1ccc(-c2cscn2)o1. The quantitative estimate of drug-likeness (QED) is 0.545. The van der Waals surface area contributed by atoms with E-state index in [0.717, 1.165) is 0 Å². The van der Waals surface area contributed by atoms with E-state index in [9.17, 15) is 10.1 Å². The highest BCUT2D eigenvalue weighted by atomic mass is 32.1. The maximum Gasteiger partial charge on any atom is 0.433 e. The molecule has 0 unspecified atom stereocenters. The molecule has 0 aromatic carbocycles. The van der Waals surface area contributed by atoms with Gasteiger partial charge in [0.05, 0.1) is 11.6 Å². The summed E-state index contributed by atoms with van der Waals surface area (Å²) in [5, 5.41) is 12.0. The van der Waals surface area contributed by atoms with Crippen LogP contribution in [0.2, 0.25) is 0 Å². The van der Waals surface area contributed by atoms with Crippen molar-refractivity contribution in [2.75, 3.05) is 0 Å². The average molecular weight is 196 g/mol. The van der Waals surface area contributed by atoms with Crippen LogP contribution in [0, 0.1) is 10.1 Å². The summed E-state index contributed by atoms with van der Waals surface area (Å²) in [5.74, 6) is 0.163. The zero-order valence-electron chi connectivity index (χ0n) is 6.34.